The smallest absolute Gasteiger partial charge is 0.256 e. The molecule has 4 nitrogen and oxygen atoms in total. The topological polar surface area (TPSA) is 47.3 Å². The second kappa shape index (κ2) is 6.68. The molecule has 1 aliphatic heterocycles. The van der Waals surface area contributed by atoms with E-state index in [9.17, 15) is 9.18 Å². The Labute approximate surface area is 124 Å². The van der Waals surface area contributed by atoms with Crippen LogP contribution in [-0.2, 0) is 0 Å². The van der Waals surface area contributed by atoms with Gasteiger partial charge in [0.1, 0.15) is 5.82 Å². The van der Waals surface area contributed by atoms with Crippen LogP contribution >= 0.6 is 0 Å². The zero-order valence-electron chi connectivity index (χ0n) is 12.5. The lowest BCUT2D eigenvalue weighted by atomic mass is 10.1. The van der Waals surface area contributed by atoms with Crippen LogP contribution in [0.5, 0.6) is 0 Å². The first-order valence-electron chi connectivity index (χ1n) is 7.26. The summed E-state index contributed by atoms with van der Waals surface area (Å²) in [6, 6.07) is 6.85. The van der Waals surface area contributed by atoms with Gasteiger partial charge in [0, 0.05) is 26.2 Å². The summed E-state index contributed by atoms with van der Waals surface area (Å²) in [5.74, 6) is -0.733. The maximum Gasteiger partial charge on any atom is 0.256 e. The van der Waals surface area contributed by atoms with Crippen molar-refractivity contribution in [1.29, 1.82) is 5.26 Å². The van der Waals surface area contributed by atoms with Gasteiger partial charge in [-0.1, -0.05) is 13.0 Å². The van der Waals surface area contributed by atoms with Crippen molar-refractivity contribution in [3.63, 3.8) is 0 Å². The van der Waals surface area contributed by atoms with Crippen LogP contribution < -0.4 is 0 Å². The van der Waals surface area contributed by atoms with E-state index in [0.29, 0.717) is 26.2 Å². The molecule has 2 rings (SSSR count). The van der Waals surface area contributed by atoms with Crippen LogP contribution in [0.15, 0.2) is 18.2 Å². The molecule has 21 heavy (non-hydrogen) atoms. The largest absolute Gasteiger partial charge is 0.336 e. The first-order valence-corrected chi connectivity index (χ1v) is 7.26. The lowest BCUT2D eigenvalue weighted by Crippen LogP contribution is -2.51. The predicted molar refractivity (Wildman–Crippen MR) is 78.3 cm³/mol. The molecule has 1 heterocycles. The molecule has 0 radical (unpaired) electrons. The Balaban J connectivity index is 2.02. The van der Waals surface area contributed by atoms with Crippen LogP contribution in [0.2, 0.25) is 0 Å². The maximum absolute atomic E-state index is 13.9. The minimum Gasteiger partial charge on any atom is -0.336 e. The van der Waals surface area contributed by atoms with Crippen molar-refractivity contribution in [3.8, 4) is 6.07 Å². The molecule has 1 aromatic carbocycles. The van der Waals surface area contributed by atoms with Crippen LogP contribution in [0.1, 0.15) is 29.3 Å². The number of hydrogen-bond acceptors (Lipinski definition) is 3. The first kappa shape index (κ1) is 15.5. The number of nitriles is 1. The molecule has 0 N–H and O–H groups in total. The van der Waals surface area contributed by atoms with E-state index >= 15 is 0 Å². The first-order chi connectivity index (χ1) is 10.1. The van der Waals surface area contributed by atoms with Crippen LogP contribution in [0.3, 0.4) is 0 Å². The Hall–Kier alpha value is -1.93. The van der Waals surface area contributed by atoms with E-state index in [0.717, 1.165) is 12.0 Å². The van der Waals surface area contributed by atoms with Crippen molar-refractivity contribution in [3.05, 3.63) is 35.1 Å². The summed E-state index contributed by atoms with van der Waals surface area (Å²) in [6.07, 6.45) is 0.775. The van der Waals surface area contributed by atoms with E-state index < -0.39 is 5.82 Å². The molecule has 0 bridgehead atoms. The van der Waals surface area contributed by atoms with Gasteiger partial charge in [-0.05, 0) is 31.0 Å². The molecule has 5 heteroatoms. The molecule has 1 atom stereocenters. The number of hydrogen-bond donors (Lipinski definition) is 0. The third-order valence-corrected chi connectivity index (χ3v) is 3.93. The van der Waals surface area contributed by atoms with Crippen LogP contribution in [0.25, 0.3) is 0 Å². The Morgan fingerprint density at radius 2 is 2.05 bits per heavy atom. The summed E-state index contributed by atoms with van der Waals surface area (Å²) in [6.45, 7) is 6.15. The van der Waals surface area contributed by atoms with Gasteiger partial charge in [-0.25, -0.2) is 4.39 Å². The quantitative estimate of drug-likeness (QED) is 0.857. The number of nitrogens with zero attached hydrogens (tertiary/aromatic N) is 3. The summed E-state index contributed by atoms with van der Waals surface area (Å²) in [5, 5.41) is 9.07. The van der Waals surface area contributed by atoms with Crippen LogP contribution in [0, 0.1) is 24.1 Å². The normalized spacial score (nSPS) is 17.3. The summed E-state index contributed by atoms with van der Waals surface area (Å²) in [4.78, 5) is 16.1. The van der Waals surface area contributed by atoms with Gasteiger partial charge in [-0.2, -0.15) is 5.26 Å². The van der Waals surface area contributed by atoms with E-state index in [4.69, 9.17) is 5.26 Å². The molecule has 0 aliphatic carbocycles. The number of carbonyl (C=O) groups is 1. The summed E-state index contributed by atoms with van der Waals surface area (Å²) in [7, 11) is 0. The van der Waals surface area contributed by atoms with Crippen LogP contribution in [-0.4, -0.2) is 47.9 Å². The van der Waals surface area contributed by atoms with Gasteiger partial charge in [0.2, 0.25) is 0 Å². The minimum atomic E-state index is -0.467. The standard InChI is InChI=1S/C16H20FN3O/c1-3-13(11-18)19-6-8-20(9-7-19)16(21)14-5-4-12(2)10-15(14)17/h4-5,10,13H,3,6-9H2,1-2H3. The van der Waals surface area contributed by atoms with Gasteiger partial charge in [0.15, 0.2) is 0 Å². The fraction of sp³-hybridized carbons (Fsp3) is 0.500. The van der Waals surface area contributed by atoms with E-state index in [1.165, 1.54) is 6.07 Å². The number of halogens is 1. The van der Waals surface area contributed by atoms with Gasteiger partial charge < -0.3 is 4.90 Å². The number of benzene rings is 1. The van der Waals surface area contributed by atoms with E-state index in [-0.39, 0.29) is 17.5 Å². The zero-order chi connectivity index (χ0) is 15.4. The Morgan fingerprint density at radius 3 is 2.57 bits per heavy atom. The Kier molecular flexibility index (Phi) is 4.92. The zero-order valence-corrected chi connectivity index (χ0v) is 12.5. The number of piperazine rings is 1. The van der Waals surface area contributed by atoms with Crippen molar-refractivity contribution < 1.29 is 9.18 Å². The highest BCUT2D eigenvalue weighted by molar-refractivity contribution is 5.94. The lowest BCUT2D eigenvalue weighted by Gasteiger charge is -2.36. The van der Waals surface area contributed by atoms with Crippen molar-refractivity contribution in [1.82, 2.24) is 9.80 Å². The number of amides is 1. The van der Waals surface area contributed by atoms with Gasteiger partial charge in [0.05, 0.1) is 17.7 Å². The van der Waals surface area contributed by atoms with E-state index in [1.807, 2.05) is 6.92 Å². The SMILES string of the molecule is CCC(C#N)N1CCN(C(=O)c2ccc(C)cc2F)CC1. The molecule has 1 aliphatic rings. The average Bonchev–Trinajstić information content (AvgIpc) is 2.48. The molecule has 1 saturated heterocycles. The maximum atomic E-state index is 13.9. The second-order valence-electron chi connectivity index (χ2n) is 5.36. The fourth-order valence-electron chi connectivity index (χ4n) is 2.63. The van der Waals surface area contributed by atoms with E-state index in [2.05, 4.69) is 11.0 Å². The molecule has 0 saturated carbocycles. The highest BCUT2D eigenvalue weighted by Crippen LogP contribution is 2.15. The summed E-state index contributed by atoms with van der Waals surface area (Å²) in [5.41, 5.74) is 0.926. The predicted octanol–water partition coefficient (Wildman–Crippen LogP) is 2.19. The van der Waals surface area contributed by atoms with Gasteiger partial charge in [-0.15, -0.1) is 0 Å². The molecular formula is C16H20FN3O. The molecule has 1 aromatic rings. The summed E-state index contributed by atoms with van der Waals surface area (Å²) >= 11 is 0. The molecular weight excluding hydrogens is 269 g/mol. The van der Waals surface area contributed by atoms with Gasteiger partial charge in [-0.3, -0.25) is 9.69 Å². The monoisotopic (exact) mass is 289 g/mol. The van der Waals surface area contributed by atoms with Crippen molar-refractivity contribution in [2.24, 2.45) is 0 Å². The molecule has 1 amide bonds. The molecule has 0 spiro atoms. The molecule has 0 aromatic heterocycles. The van der Waals surface area contributed by atoms with Crippen molar-refractivity contribution in [2.75, 3.05) is 26.2 Å². The van der Waals surface area contributed by atoms with Crippen molar-refractivity contribution in [2.45, 2.75) is 26.3 Å². The van der Waals surface area contributed by atoms with Crippen molar-refractivity contribution >= 4 is 5.91 Å². The Morgan fingerprint density at radius 1 is 1.38 bits per heavy atom. The average molecular weight is 289 g/mol. The lowest BCUT2D eigenvalue weighted by molar-refractivity contribution is 0.0600. The highest BCUT2D eigenvalue weighted by atomic mass is 19.1. The number of carbonyl (C=O) groups excluding carboxylic acids is 1. The number of aryl methyl sites for hydroxylation is 1. The number of rotatable bonds is 3. The summed E-state index contributed by atoms with van der Waals surface area (Å²) < 4.78 is 13.9. The highest BCUT2D eigenvalue weighted by Gasteiger charge is 2.26. The molecule has 1 fully saturated rings. The Bertz CT molecular complexity index is 559. The fourth-order valence-corrected chi connectivity index (χ4v) is 2.63. The molecule has 1 unspecified atom stereocenters. The van der Waals surface area contributed by atoms with Crippen LogP contribution in [0.4, 0.5) is 4.39 Å². The van der Waals surface area contributed by atoms with Gasteiger partial charge in [0.25, 0.3) is 5.91 Å². The van der Waals surface area contributed by atoms with E-state index in [1.54, 1.807) is 24.0 Å². The second-order valence-corrected chi connectivity index (χ2v) is 5.36. The third kappa shape index (κ3) is 3.40. The van der Waals surface area contributed by atoms with Gasteiger partial charge >= 0.3 is 0 Å². The molecule has 112 valence electrons. The third-order valence-electron chi connectivity index (χ3n) is 3.93. The minimum absolute atomic E-state index is 0.0987.